The van der Waals surface area contributed by atoms with Crippen molar-refractivity contribution < 1.29 is 4.74 Å². The van der Waals surface area contributed by atoms with E-state index in [1.807, 2.05) is 38.1 Å². The number of aryl methyl sites for hydroxylation is 1. The smallest absolute Gasteiger partial charge is 0.118 e. The molecule has 1 aromatic rings. The van der Waals surface area contributed by atoms with E-state index in [9.17, 15) is 0 Å². The van der Waals surface area contributed by atoms with E-state index in [0.717, 1.165) is 5.75 Å². The number of methoxy groups -OCH3 is 1. The zero-order chi connectivity index (χ0) is 11.4. The number of hydrogen-bond donors (Lipinski definition) is 0. The van der Waals surface area contributed by atoms with E-state index in [2.05, 4.69) is 20.8 Å². The van der Waals surface area contributed by atoms with Crippen LogP contribution < -0.4 is 4.74 Å². The molecule has 0 atom stereocenters. The maximum absolute atomic E-state index is 4.97. The Labute approximate surface area is 89.1 Å². The molecule has 0 heterocycles. The molecule has 0 saturated heterocycles. The maximum atomic E-state index is 4.97. The number of rotatable bonds is 1. The van der Waals surface area contributed by atoms with E-state index in [1.165, 1.54) is 12.0 Å². The Hall–Kier alpha value is -0.980. The summed E-state index contributed by atoms with van der Waals surface area (Å²) in [6, 6.07) is 7.96. The molecule has 0 aromatic heterocycles. The summed E-state index contributed by atoms with van der Waals surface area (Å²) in [6.07, 6.45) is 1.25. The van der Waals surface area contributed by atoms with Gasteiger partial charge in [0.05, 0.1) is 7.11 Å². The van der Waals surface area contributed by atoms with Gasteiger partial charge in [0, 0.05) is 0 Å². The van der Waals surface area contributed by atoms with Crippen molar-refractivity contribution in [3.8, 4) is 5.75 Å². The minimum atomic E-state index is 0.917. The highest BCUT2D eigenvalue weighted by atomic mass is 16.5. The molecule has 1 aromatic carbocycles. The molecule has 1 nitrogen and oxygen atoms in total. The van der Waals surface area contributed by atoms with E-state index >= 15 is 0 Å². The highest BCUT2D eigenvalue weighted by Gasteiger charge is 1.85. The third-order valence-electron chi connectivity index (χ3n) is 1.26. The molecule has 1 heteroatoms. The lowest BCUT2D eigenvalue weighted by molar-refractivity contribution is 0.414. The van der Waals surface area contributed by atoms with Crippen LogP contribution in [0.3, 0.4) is 0 Å². The van der Waals surface area contributed by atoms with Crippen LogP contribution in [0.4, 0.5) is 0 Å². The lowest BCUT2D eigenvalue weighted by Crippen LogP contribution is -1.80. The van der Waals surface area contributed by atoms with Gasteiger partial charge in [0.1, 0.15) is 5.75 Å². The zero-order valence-electron chi connectivity index (χ0n) is 10.4. The highest BCUT2D eigenvalue weighted by Crippen LogP contribution is 2.09. The number of ether oxygens (including phenoxy) is 1. The first-order valence-electron chi connectivity index (χ1n) is 5.35. The van der Waals surface area contributed by atoms with Crippen molar-refractivity contribution in [1.82, 2.24) is 0 Å². The van der Waals surface area contributed by atoms with Crippen molar-refractivity contribution in [3.63, 3.8) is 0 Å². The van der Waals surface area contributed by atoms with Crippen LogP contribution in [0, 0.1) is 6.92 Å². The van der Waals surface area contributed by atoms with Crippen LogP contribution in [0.5, 0.6) is 5.75 Å². The average Bonchev–Trinajstić information content (AvgIpc) is 2.23. The molecule has 0 aliphatic rings. The lowest BCUT2D eigenvalue weighted by atomic mass is 10.2. The van der Waals surface area contributed by atoms with Gasteiger partial charge in [-0.25, -0.2) is 0 Å². The fourth-order valence-corrected chi connectivity index (χ4v) is 0.674. The molecule has 0 amide bonds. The second kappa shape index (κ2) is 12.0. The predicted octanol–water partition coefficient (Wildman–Crippen LogP) is 4.45. The molecule has 0 fully saturated rings. The molecule has 0 aliphatic carbocycles. The van der Waals surface area contributed by atoms with Gasteiger partial charge in [0.25, 0.3) is 0 Å². The molecule has 0 N–H and O–H groups in total. The summed E-state index contributed by atoms with van der Waals surface area (Å²) in [4.78, 5) is 0. The normalized spacial score (nSPS) is 7.57. The summed E-state index contributed by atoms with van der Waals surface area (Å²) in [7, 11) is 1.67. The second-order valence-electron chi connectivity index (χ2n) is 2.72. The molecule has 0 aliphatic heterocycles. The van der Waals surface area contributed by atoms with Crippen LogP contribution in [-0.2, 0) is 0 Å². The van der Waals surface area contributed by atoms with Crippen molar-refractivity contribution in [2.45, 2.75) is 41.0 Å². The Balaban J connectivity index is 0. The lowest BCUT2D eigenvalue weighted by Gasteiger charge is -1.97. The van der Waals surface area contributed by atoms with Gasteiger partial charge in [-0.15, -0.1) is 0 Å². The first-order chi connectivity index (χ1) is 6.74. The third kappa shape index (κ3) is 9.11. The minimum Gasteiger partial charge on any atom is -0.497 e. The van der Waals surface area contributed by atoms with Crippen molar-refractivity contribution in [2.75, 3.05) is 7.11 Å². The van der Waals surface area contributed by atoms with Gasteiger partial charge in [0.15, 0.2) is 0 Å². The van der Waals surface area contributed by atoms with Crippen LogP contribution >= 0.6 is 0 Å². The molecule has 1 rings (SSSR count). The van der Waals surface area contributed by atoms with E-state index in [4.69, 9.17) is 4.74 Å². The van der Waals surface area contributed by atoms with Gasteiger partial charge in [-0.2, -0.15) is 0 Å². The fourth-order valence-electron chi connectivity index (χ4n) is 0.674. The first kappa shape index (κ1) is 15.5. The molecule has 0 radical (unpaired) electrons. The quantitative estimate of drug-likeness (QED) is 0.645. The maximum Gasteiger partial charge on any atom is 0.118 e. The minimum absolute atomic E-state index is 0.917. The van der Waals surface area contributed by atoms with Gasteiger partial charge in [-0.3, -0.25) is 0 Å². The van der Waals surface area contributed by atoms with Gasteiger partial charge in [-0.05, 0) is 19.1 Å². The Morgan fingerprint density at radius 1 is 1.00 bits per heavy atom. The molecule has 82 valence electrons. The van der Waals surface area contributed by atoms with E-state index in [1.54, 1.807) is 7.11 Å². The number of benzene rings is 1. The summed E-state index contributed by atoms with van der Waals surface area (Å²) in [6.45, 7) is 10.3. The number of hydrogen-bond acceptors (Lipinski definition) is 1. The third-order valence-corrected chi connectivity index (χ3v) is 1.26. The Bertz CT molecular complexity index is 189. The van der Waals surface area contributed by atoms with E-state index < -0.39 is 0 Å². The SMILES string of the molecule is CC.CCC.COc1ccc(C)cc1. The Morgan fingerprint density at radius 3 is 1.64 bits per heavy atom. The van der Waals surface area contributed by atoms with E-state index in [0.29, 0.717) is 0 Å². The largest absolute Gasteiger partial charge is 0.497 e. The molecular formula is C13H24O. The topological polar surface area (TPSA) is 9.23 Å². The summed E-state index contributed by atoms with van der Waals surface area (Å²) < 4.78 is 4.97. The standard InChI is InChI=1S/C8H10O.C3H8.C2H6/c1-7-3-5-8(9-2)6-4-7;1-3-2;1-2/h3-6H,1-2H3;3H2,1-2H3;1-2H3. The van der Waals surface area contributed by atoms with Crippen LogP contribution in [0.25, 0.3) is 0 Å². The monoisotopic (exact) mass is 196 g/mol. The predicted molar refractivity (Wildman–Crippen MR) is 65.0 cm³/mol. The molecule has 0 spiro atoms. The van der Waals surface area contributed by atoms with Crippen LogP contribution in [0.1, 0.15) is 39.7 Å². The second-order valence-corrected chi connectivity index (χ2v) is 2.72. The van der Waals surface area contributed by atoms with Crippen LogP contribution in [0.15, 0.2) is 24.3 Å². The molecule has 0 unspecified atom stereocenters. The molecule has 0 saturated carbocycles. The van der Waals surface area contributed by atoms with Gasteiger partial charge in [-0.1, -0.05) is 51.8 Å². The van der Waals surface area contributed by atoms with Crippen molar-refractivity contribution in [3.05, 3.63) is 29.8 Å². The van der Waals surface area contributed by atoms with Crippen molar-refractivity contribution in [1.29, 1.82) is 0 Å². The van der Waals surface area contributed by atoms with Crippen molar-refractivity contribution in [2.24, 2.45) is 0 Å². The van der Waals surface area contributed by atoms with Crippen LogP contribution in [0.2, 0.25) is 0 Å². The Morgan fingerprint density at radius 2 is 1.36 bits per heavy atom. The van der Waals surface area contributed by atoms with Gasteiger partial charge >= 0.3 is 0 Å². The summed E-state index contributed by atoms with van der Waals surface area (Å²) in [5.41, 5.74) is 1.26. The van der Waals surface area contributed by atoms with E-state index in [-0.39, 0.29) is 0 Å². The van der Waals surface area contributed by atoms with Crippen molar-refractivity contribution >= 4 is 0 Å². The Kier molecular flexibility index (Phi) is 13.3. The zero-order valence-corrected chi connectivity index (χ0v) is 10.4. The van der Waals surface area contributed by atoms with Crippen LogP contribution in [-0.4, -0.2) is 7.11 Å². The average molecular weight is 196 g/mol. The molecular weight excluding hydrogens is 172 g/mol. The first-order valence-corrected chi connectivity index (χ1v) is 5.35. The van der Waals surface area contributed by atoms with Gasteiger partial charge < -0.3 is 4.74 Å². The summed E-state index contributed by atoms with van der Waals surface area (Å²) >= 11 is 0. The molecule has 0 bridgehead atoms. The summed E-state index contributed by atoms with van der Waals surface area (Å²) in [5, 5.41) is 0. The van der Waals surface area contributed by atoms with Gasteiger partial charge in [0.2, 0.25) is 0 Å². The molecule has 14 heavy (non-hydrogen) atoms. The highest BCUT2D eigenvalue weighted by molar-refractivity contribution is 5.25. The summed E-state index contributed by atoms with van der Waals surface area (Å²) in [5.74, 6) is 0.917. The fraction of sp³-hybridized carbons (Fsp3) is 0.538.